The van der Waals surface area contributed by atoms with E-state index in [1.165, 1.54) is 4.90 Å². The van der Waals surface area contributed by atoms with Crippen LogP contribution in [0.25, 0.3) is 0 Å². The molecule has 15 heavy (non-hydrogen) atoms. The van der Waals surface area contributed by atoms with E-state index in [9.17, 15) is 0 Å². The minimum absolute atomic E-state index is 0.560. The topological polar surface area (TPSA) is 38.9 Å². The fourth-order valence-electron chi connectivity index (χ4n) is 1.24. The van der Waals surface area contributed by atoms with E-state index in [-0.39, 0.29) is 0 Å². The van der Waals surface area contributed by atoms with Gasteiger partial charge in [0.1, 0.15) is 5.03 Å². The first-order valence-corrected chi connectivity index (χ1v) is 5.58. The van der Waals surface area contributed by atoms with Crippen LogP contribution in [0.2, 0.25) is 0 Å². The van der Waals surface area contributed by atoms with E-state index in [0.717, 1.165) is 10.6 Å². The van der Waals surface area contributed by atoms with Crippen LogP contribution in [0.3, 0.4) is 0 Å². The Morgan fingerprint density at radius 1 is 1.13 bits per heavy atom. The molecule has 3 heteroatoms. The van der Waals surface area contributed by atoms with E-state index in [1.807, 2.05) is 30.3 Å². The predicted molar refractivity (Wildman–Crippen MR) is 62.7 cm³/mol. The van der Waals surface area contributed by atoms with Crippen molar-refractivity contribution in [3.8, 4) is 0 Å². The Hall–Kier alpha value is -1.32. The molecule has 0 aliphatic carbocycles. The maximum Gasteiger partial charge on any atom is 0.101 e. The SMILES string of the molecule is NCc1ccnc(Sc2ccccc2)c1. The zero-order chi connectivity index (χ0) is 10.5. The van der Waals surface area contributed by atoms with Crippen LogP contribution in [0, 0.1) is 0 Å². The lowest BCUT2D eigenvalue weighted by Gasteiger charge is -2.02. The first-order valence-electron chi connectivity index (χ1n) is 4.76. The lowest BCUT2D eigenvalue weighted by Crippen LogP contribution is -1.96. The Morgan fingerprint density at radius 3 is 2.67 bits per heavy atom. The van der Waals surface area contributed by atoms with Gasteiger partial charge in [-0.1, -0.05) is 30.0 Å². The van der Waals surface area contributed by atoms with Crippen molar-refractivity contribution in [2.45, 2.75) is 16.5 Å². The maximum absolute atomic E-state index is 5.58. The third-order valence-electron chi connectivity index (χ3n) is 2.00. The largest absolute Gasteiger partial charge is 0.326 e. The quantitative estimate of drug-likeness (QED) is 0.857. The highest BCUT2D eigenvalue weighted by Crippen LogP contribution is 2.25. The molecule has 2 aromatic rings. The van der Waals surface area contributed by atoms with Crippen LogP contribution in [0.15, 0.2) is 58.6 Å². The lowest BCUT2D eigenvalue weighted by molar-refractivity contribution is 1.02. The summed E-state index contributed by atoms with van der Waals surface area (Å²) in [6.45, 7) is 0.560. The molecule has 2 rings (SSSR count). The third-order valence-corrected chi connectivity index (χ3v) is 2.94. The smallest absolute Gasteiger partial charge is 0.101 e. The Kier molecular flexibility index (Phi) is 3.37. The van der Waals surface area contributed by atoms with Crippen LogP contribution in [0.1, 0.15) is 5.56 Å². The molecular formula is C12H12N2S. The van der Waals surface area contributed by atoms with Gasteiger partial charge in [-0.2, -0.15) is 0 Å². The van der Waals surface area contributed by atoms with Gasteiger partial charge in [0, 0.05) is 17.6 Å². The lowest BCUT2D eigenvalue weighted by atomic mass is 10.3. The summed E-state index contributed by atoms with van der Waals surface area (Å²) in [4.78, 5) is 5.48. The number of nitrogens with two attached hydrogens (primary N) is 1. The summed E-state index contributed by atoms with van der Waals surface area (Å²) in [5.41, 5.74) is 6.69. The standard InChI is InChI=1S/C12H12N2S/c13-9-10-6-7-14-12(8-10)15-11-4-2-1-3-5-11/h1-8H,9,13H2. The average molecular weight is 216 g/mol. The Morgan fingerprint density at radius 2 is 1.93 bits per heavy atom. The minimum atomic E-state index is 0.560. The van der Waals surface area contributed by atoms with E-state index in [1.54, 1.807) is 18.0 Å². The second-order valence-electron chi connectivity index (χ2n) is 3.12. The van der Waals surface area contributed by atoms with Crippen molar-refractivity contribution >= 4 is 11.8 Å². The molecule has 2 N–H and O–H groups in total. The van der Waals surface area contributed by atoms with Gasteiger partial charge in [-0.25, -0.2) is 4.98 Å². The Balaban J connectivity index is 2.17. The van der Waals surface area contributed by atoms with E-state index in [0.29, 0.717) is 6.54 Å². The molecule has 0 atom stereocenters. The van der Waals surface area contributed by atoms with Gasteiger partial charge in [-0.3, -0.25) is 0 Å². The van der Waals surface area contributed by atoms with Gasteiger partial charge in [0.2, 0.25) is 0 Å². The van der Waals surface area contributed by atoms with Crippen molar-refractivity contribution in [2.24, 2.45) is 5.73 Å². The molecule has 0 saturated heterocycles. The van der Waals surface area contributed by atoms with Gasteiger partial charge in [0.05, 0.1) is 0 Å². The molecule has 0 aliphatic heterocycles. The van der Waals surface area contributed by atoms with Crippen molar-refractivity contribution in [2.75, 3.05) is 0 Å². The van der Waals surface area contributed by atoms with Crippen molar-refractivity contribution in [1.29, 1.82) is 0 Å². The van der Waals surface area contributed by atoms with Crippen LogP contribution in [0.5, 0.6) is 0 Å². The molecule has 1 aromatic heterocycles. The number of hydrogen-bond donors (Lipinski definition) is 1. The van der Waals surface area contributed by atoms with Gasteiger partial charge in [-0.15, -0.1) is 0 Å². The second kappa shape index (κ2) is 4.96. The summed E-state index contributed by atoms with van der Waals surface area (Å²) in [5.74, 6) is 0. The van der Waals surface area contributed by atoms with Gasteiger partial charge in [0.15, 0.2) is 0 Å². The van der Waals surface area contributed by atoms with Crippen molar-refractivity contribution < 1.29 is 0 Å². The normalized spacial score (nSPS) is 10.2. The van der Waals surface area contributed by atoms with Gasteiger partial charge >= 0.3 is 0 Å². The molecule has 1 heterocycles. The number of hydrogen-bond acceptors (Lipinski definition) is 3. The Bertz CT molecular complexity index is 429. The van der Waals surface area contributed by atoms with Crippen molar-refractivity contribution in [1.82, 2.24) is 4.98 Å². The van der Waals surface area contributed by atoms with E-state index in [4.69, 9.17) is 5.73 Å². The number of rotatable bonds is 3. The number of aromatic nitrogens is 1. The summed E-state index contributed by atoms with van der Waals surface area (Å²) in [6.07, 6.45) is 1.80. The summed E-state index contributed by atoms with van der Waals surface area (Å²) in [6, 6.07) is 14.2. The molecule has 0 bridgehead atoms. The van der Waals surface area contributed by atoms with Crippen LogP contribution in [-0.4, -0.2) is 4.98 Å². The number of nitrogens with zero attached hydrogens (tertiary/aromatic N) is 1. The van der Waals surface area contributed by atoms with E-state index < -0.39 is 0 Å². The van der Waals surface area contributed by atoms with E-state index >= 15 is 0 Å². The summed E-state index contributed by atoms with van der Waals surface area (Å²) in [7, 11) is 0. The molecule has 76 valence electrons. The molecule has 1 aromatic carbocycles. The summed E-state index contributed by atoms with van der Waals surface area (Å²) >= 11 is 1.65. The highest BCUT2D eigenvalue weighted by Gasteiger charge is 1.98. The first-order chi connectivity index (χ1) is 7.38. The maximum atomic E-state index is 5.58. The van der Waals surface area contributed by atoms with E-state index in [2.05, 4.69) is 17.1 Å². The van der Waals surface area contributed by atoms with Gasteiger partial charge in [0.25, 0.3) is 0 Å². The second-order valence-corrected chi connectivity index (χ2v) is 4.22. The van der Waals surface area contributed by atoms with Crippen molar-refractivity contribution in [3.05, 3.63) is 54.2 Å². The monoisotopic (exact) mass is 216 g/mol. The molecule has 0 amide bonds. The molecule has 0 radical (unpaired) electrons. The molecular weight excluding hydrogens is 204 g/mol. The first kappa shape index (κ1) is 10.2. The van der Waals surface area contributed by atoms with Gasteiger partial charge < -0.3 is 5.73 Å². The van der Waals surface area contributed by atoms with Crippen LogP contribution >= 0.6 is 11.8 Å². The molecule has 2 nitrogen and oxygen atoms in total. The highest BCUT2D eigenvalue weighted by atomic mass is 32.2. The molecule has 0 aliphatic rings. The third kappa shape index (κ3) is 2.81. The zero-order valence-electron chi connectivity index (χ0n) is 8.26. The summed E-state index contributed by atoms with van der Waals surface area (Å²) in [5, 5.41) is 0.990. The number of benzene rings is 1. The fraction of sp³-hybridized carbons (Fsp3) is 0.0833. The average Bonchev–Trinajstić information content (AvgIpc) is 2.31. The van der Waals surface area contributed by atoms with Gasteiger partial charge in [-0.05, 0) is 29.8 Å². The Labute approximate surface area is 93.5 Å². The fourth-order valence-corrected chi connectivity index (χ4v) is 2.10. The molecule has 0 spiro atoms. The predicted octanol–water partition coefficient (Wildman–Crippen LogP) is 2.69. The van der Waals surface area contributed by atoms with Crippen LogP contribution in [-0.2, 0) is 6.54 Å². The summed E-state index contributed by atoms with van der Waals surface area (Å²) < 4.78 is 0. The molecule has 0 saturated carbocycles. The van der Waals surface area contributed by atoms with Crippen molar-refractivity contribution in [3.63, 3.8) is 0 Å². The number of pyridine rings is 1. The zero-order valence-corrected chi connectivity index (χ0v) is 9.08. The molecule has 0 fully saturated rings. The van der Waals surface area contributed by atoms with Crippen LogP contribution in [0.4, 0.5) is 0 Å². The highest BCUT2D eigenvalue weighted by molar-refractivity contribution is 7.99. The minimum Gasteiger partial charge on any atom is -0.326 e. The van der Waals surface area contributed by atoms with Crippen LogP contribution < -0.4 is 5.73 Å². The molecule has 0 unspecified atom stereocenters.